The van der Waals surface area contributed by atoms with Crippen LogP contribution in [0.15, 0.2) is 24.3 Å². The molecule has 5 nitrogen and oxygen atoms in total. The molecular formula is C14H20ClN3O2S. The lowest BCUT2D eigenvalue weighted by Crippen LogP contribution is -2.44. The number of nitriles is 1. The van der Waals surface area contributed by atoms with Gasteiger partial charge in [0, 0.05) is 19.1 Å². The van der Waals surface area contributed by atoms with E-state index in [1.165, 1.54) is 0 Å². The summed E-state index contributed by atoms with van der Waals surface area (Å²) in [4.78, 5) is 0. The Morgan fingerprint density at radius 3 is 2.62 bits per heavy atom. The van der Waals surface area contributed by atoms with Crippen molar-refractivity contribution in [1.82, 2.24) is 9.62 Å². The first-order chi connectivity index (χ1) is 9.55. The van der Waals surface area contributed by atoms with Gasteiger partial charge in [-0.2, -0.15) is 5.26 Å². The number of benzene rings is 1. The van der Waals surface area contributed by atoms with Gasteiger partial charge in [-0.25, -0.2) is 12.7 Å². The van der Waals surface area contributed by atoms with E-state index in [2.05, 4.69) is 5.32 Å². The van der Waals surface area contributed by atoms with Gasteiger partial charge in [0.25, 0.3) is 0 Å². The number of hydrogen-bond acceptors (Lipinski definition) is 4. The number of piperidine rings is 1. The van der Waals surface area contributed by atoms with Crippen LogP contribution in [-0.2, 0) is 15.8 Å². The highest BCUT2D eigenvalue weighted by molar-refractivity contribution is 7.88. The summed E-state index contributed by atoms with van der Waals surface area (Å²) in [5.41, 5.74) is 1.16. The van der Waals surface area contributed by atoms with Gasteiger partial charge in [-0.15, -0.1) is 12.4 Å². The molecule has 0 saturated carbocycles. The summed E-state index contributed by atoms with van der Waals surface area (Å²) in [5, 5.41) is 12.0. The number of hydrogen-bond donors (Lipinski definition) is 1. The fourth-order valence-corrected chi connectivity index (χ4v) is 4.01. The van der Waals surface area contributed by atoms with Crippen molar-refractivity contribution in [3.8, 4) is 6.07 Å². The summed E-state index contributed by atoms with van der Waals surface area (Å²) >= 11 is 0. The molecule has 1 aliphatic rings. The van der Waals surface area contributed by atoms with Gasteiger partial charge in [-0.1, -0.05) is 12.1 Å². The zero-order chi connectivity index (χ0) is 14.6. The highest BCUT2D eigenvalue weighted by atomic mass is 35.5. The van der Waals surface area contributed by atoms with Gasteiger partial charge >= 0.3 is 0 Å². The van der Waals surface area contributed by atoms with E-state index in [0.717, 1.165) is 12.8 Å². The summed E-state index contributed by atoms with van der Waals surface area (Å²) in [5.74, 6) is -0.0350. The van der Waals surface area contributed by atoms with Gasteiger partial charge in [0.15, 0.2) is 0 Å². The van der Waals surface area contributed by atoms with Crippen molar-refractivity contribution in [3.05, 3.63) is 35.4 Å². The third kappa shape index (κ3) is 4.68. The van der Waals surface area contributed by atoms with E-state index >= 15 is 0 Å². The first-order valence-corrected chi connectivity index (χ1v) is 8.30. The Bertz CT molecular complexity index is 605. The second-order valence-electron chi connectivity index (χ2n) is 5.03. The van der Waals surface area contributed by atoms with E-state index in [1.54, 1.807) is 28.6 Å². The van der Waals surface area contributed by atoms with E-state index in [0.29, 0.717) is 30.3 Å². The van der Waals surface area contributed by atoms with Gasteiger partial charge in [0.2, 0.25) is 10.0 Å². The monoisotopic (exact) mass is 329 g/mol. The second-order valence-corrected chi connectivity index (χ2v) is 7.00. The molecule has 1 aromatic rings. The quantitative estimate of drug-likeness (QED) is 0.908. The number of nitrogens with zero attached hydrogens (tertiary/aromatic N) is 2. The van der Waals surface area contributed by atoms with Crippen molar-refractivity contribution in [3.63, 3.8) is 0 Å². The summed E-state index contributed by atoms with van der Waals surface area (Å²) in [6.07, 6.45) is 1.68. The number of nitrogens with one attached hydrogen (secondary N) is 1. The zero-order valence-electron chi connectivity index (χ0n) is 11.9. The van der Waals surface area contributed by atoms with Crippen LogP contribution in [0.4, 0.5) is 0 Å². The predicted molar refractivity (Wildman–Crippen MR) is 84.7 cm³/mol. The smallest absolute Gasteiger partial charge is 0.218 e. The molecule has 1 N–H and O–H groups in total. The van der Waals surface area contributed by atoms with Gasteiger partial charge in [0.1, 0.15) is 0 Å². The summed E-state index contributed by atoms with van der Waals surface area (Å²) < 4.78 is 26.3. The molecule has 0 spiro atoms. The molecular weight excluding hydrogens is 310 g/mol. The molecule has 1 aromatic carbocycles. The average Bonchev–Trinajstić information content (AvgIpc) is 2.47. The minimum atomic E-state index is -3.30. The maximum Gasteiger partial charge on any atom is 0.218 e. The minimum absolute atomic E-state index is 0. The van der Waals surface area contributed by atoms with E-state index in [9.17, 15) is 8.42 Å². The Balaban J connectivity index is 0.00000220. The van der Waals surface area contributed by atoms with Crippen molar-refractivity contribution in [2.45, 2.75) is 24.6 Å². The molecule has 1 saturated heterocycles. The summed E-state index contributed by atoms with van der Waals surface area (Å²) in [7, 11) is -1.39. The summed E-state index contributed by atoms with van der Waals surface area (Å²) in [6.45, 7) is 1.12. The molecule has 0 bridgehead atoms. The van der Waals surface area contributed by atoms with Crippen LogP contribution in [0.3, 0.4) is 0 Å². The Labute approximate surface area is 132 Å². The largest absolute Gasteiger partial charge is 0.317 e. The standard InChI is InChI=1S/C14H19N3O2S.ClH/c1-16-14-5-7-17(8-6-14)20(18,19)11-13-4-2-3-12(9-13)10-15;/h2-4,9,14,16H,5-8,11H2,1H3;1H. The van der Waals surface area contributed by atoms with Gasteiger partial charge in [0.05, 0.1) is 17.4 Å². The Morgan fingerprint density at radius 1 is 1.38 bits per heavy atom. The SMILES string of the molecule is CNC1CCN(S(=O)(=O)Cc2cccc(C#N)c2)CC1.Cl. The fraction of sp³-hybridized carbons (Fsp3) is 0.500. The zero-order valence-corrected chi connectivity index (χ0v) is 13.6. The number of halogens is 1. The normalized spacial score (nSPS) is 17.0. The Hall–Kier alpha value is -1.13. The maximum atomic E-state index is 12.4. The van der Waals surface area contributed by atoms with Crippen LogP contribution in [-0.4, -0.2) is 38.9 Å². The average molecular weight is 330 g/mol. The molecule has 1 aliphatic heterocycles. The van der Waals surface area contributed by atoms with E-state index in [1.807, 2.05) is 13.1 Å². The molecule has 116 valence electrons. The second kappa shape index (κ2) is 7.76. The molecule has 21 heavy (non-hydrogen) atoms. The molecule has 0 aliphatic carbocycles. The van der Waals surface area contributed by atoms with Crippen molar-refractivity contribution in [2.24, 2.45) is 0 Å². The van der Waals surface area contributed by atoms with Crippen LogP contribution >= 0.6 is 12.4 Å². The van der Waals surface area contributed by atoms with Crippen molar-refractivity contribution in [1.29, 1.82) is 5.26 Å². The maximum absolute atomic E-state index is 12.4. The van der Waals surface area contributed by atoms with E-state index < -0.39 is 10.0 Å². The molecule has 1 fully saturated rings. The van der Waals surface area contributed by atoms with Crippen LogP contribution in [0, 0.1) is 11.3 Å². The van der Waals surface area contributed by atoms with Crippen molar-refractivity contribution < 1.29 is 8.42 Å². The third-order valence-electron chi connectivity index (χ3n) is 3.66. The van der Waals surface area contributed by atoms with Crippen molar-refractivity contribution >= 4 is 22.4 Å². The van der Waals surface area contributed by atoms with Crippen molar-refractivity contribution in [2.75, 3.05) is 20.1 Å². The first-order valence-electron chi connectivity index (χ1n) is 6.69. The topological polar surface area (TPSA) is 73.2 Å². The lowest BCUT2D eigenvalue weighted by atomic mass is 10.1. The molecule has 0 unspecified atom stereocenters. The van der Waals surface area contributed by atoms with E-state index in [4.69, 9.17) is 5.26 Å². The molecule has 1 heterocycles. The van der Waals surface area contributed by atoms with Crippen LogP contribution in [0.5, 0.6) is 0 Å². The molecule has 7 heteroatoms. The Kier molecular flexibility index (Phi) is 6.62. The number of rotatable bonds is 4. The Morgan fingerprint density at radius 2 is 2.05 bits per heavy atom. The van der Waals surface area contributed by atoms with E-state index in [-0.39, 0.29) is 18.2 Å². The molecule has 0 aromatic heterocycles. The number of sulfonamides is 1. The first kappa shape index (κ1) is 17.9. The third-order valence-corrected chi connectivity index (χ3v) is 5.51. The minimum Gasteiger partial charge on any atom is -0.317 e. The van der Waals surface area contributed by atoms with Crippen LogP contribution in [0.1, 0.15) is 24.0 Å². The molecule has 0 radical (unpaired) electrons. The molecule has 2 rings (SSSR count). The summed E-state index contributed by atoms with van der Waals surface area (Å²) in [6, 6.07) is 9.21. The highest BCUT2D eigenvalue weighted by Gasteiger charge is 2.27. The van der Waals surface area contributed by atoms with Gasteiger partial charge in [-0.3, -0.25) is 0 Å². The van der Waals surface area contributed by atoms with Gasteiger partial charge in [-0.05, 0) is 37.6 Å². The fourth-order valence-electron chi connectivity index (χ4n) is 2.46. The van der Waals surface area contributed by atoms with Crippen LogP contribution in [0.2, 0.25) is 0 Å². The molecule has 0 atom stereocenters. The highest BCUT2D eigenvalue weighted by Crippen LogP contribution is 2.18. The van der Waals surface area contributed by atoms with Crippen LogP contribution in [0.25, 0.3) is 0 Å². The molecule has 0 amide bonds. The predicted octanol–water partition coefficient (Wildman–Crippen LogP) is 1.49. The van der Waals surface area contributed by atoms with Gasteiger partial charge < -0.3 is 5.32 Å². The lowest BCUT2D eigenvalue weighted by molar-refractivity contribution is 0.298. The van der Waals surface area contributed by atoms with Crippen LogP contribution < -0.4 is 5.32 Å². The lowest BCUT2D eigenvalue weighted by Gasteiger charge is -2.31.